The number of carbonyl (C=O) groups excluding carboxylic acids is 1. The summed E-state index contributed by atoms with van der Waals surface area (Å²) in [5.74, 6) is -0.00903. The highest BCUT2D eigenvalue weighted by Crippen LogP contribution is 2.33. The minimum absolute atomic E-state index is 0.00903. The van der Waals surface area contributed by atoms with Crippen molar-refractivity contribution in [3.8, 4) is 0 Å². The van der Waals surface area contributed by atoms with E-state index in [-0.39, 0.29) is 5.91 Å². The second-order valence-corrected chi connectivity index (χ2v) is 8.93. The van der Waals surface area contributed by atoms with E-state index in [1.165, 1.54) is 23.4 Å². The number of aryl methyl sites for hydroxylation is 2. The molecule has 1 aliphatic carbocycles. The Bertz CT molecular complexity index is 1110. The molecule has 0 bridgehead atoms. The number of fused-ring (bicyclic) bond motifs is 2. The summed E-state index contributed by atoms with van der Waals surface area (Å²) in [5.41, 5.74) is 5.70. The minimum Gasteiger partial charge on any atom is -0.279 e. The van der Waals surface area contributed by atoms with E-state index in [0.717, 1.165) is 33.8 Å². The average Bonchev–Trinajstić information content (AvgIpc) is 3.38. The van der Waals surface area contributed by atoms with E-state index in [4.69, 9.17) is 4.98 Å². The molecule has 6 heteroatoms. The maximum absolute atomic E-state index is 13.5. The molecule has 2 heterocycles. The summed E-state index contributed by atoms with van der Waals surface area (Å²) in [7, 11) is 0. The number of benzene rings is 2. The SMILES string of the molecule is O=C(c1ccc2ncsc2c1)N(Cc1ccccc1)c1nc2c(s1)CCCC2. The highest BCUT2D eigenvalue weighted by Gasteiger charge is 2.24. The van der Waals surface area contributed by atoms with Crippen molar-refractivity contribution in [1.82, 2.24) is 9.97 Å². The van der Waals surface area contributed by atoms with Crippen LogP contribution < -0.4 is 4.90 Å². The van der Waals surface area contributed by atoms with Crippen LogP contribution in [-0.4, -0.2) is 15.9 Å². The van der Waals surface area contributed by atoms with Crippen molar-refractivity contribution in [2.75, 3.05) is 4.90 Å². The molecule has 28 heavy (non-hydrogen) atoms. The number of carbonyl (C=O) groups is 1. The topological polar surface area (TPSA) is 46.1 Å². The average molecular weight is 406 g/mol. The van der Waals surface area contributed by atoms with Gasteiger partial charge in [-0.15, -0.1) is 22.7 Å². The third kappa shape index (κ3) is 3.34. The number of anilines is 1. The summed E-state index contributed by atoms with van der Waals surface area (Å²) < 4.78 is 1.03. The molecule has 5 rings (SSSR count). The van der Waals surface area contributed by atoms with Gasteiger partial charge in [-0.05, 0) is 49.4 Å². The molecule has 0 unspecified atom stereocenters. The summed E-state index contributed by atoms with van der Waals surface area (Å²) in [5, 5.41) is 0.810. The second-order valence-electron chi connectivity index (χ2n) is 6.99. The van der Waals surface area contributed by atoms with Gasteiger partial charge in [0.25, 0.3) is 5.91 Å². The lowest BCUT2D eigenvalue weighted by Gasteiger charge is -2.20. The van der Waals surface area contributed by atoms with Gasteiger partial charge in [0.15, 0.2) is 5.13 Å². The monoisotopic (exact) mass is 405 g/mol. The van der Waals surface area contributed by atoms with E-state index in [9.17, 15) is 4.79 Å². The molecule has 0 fully saturated rings. The van der Waals surface area contributed by atoms with Crippen LogP contribution >= 0.6 is 22.7 Å². The summed E-state index contributed by atoms with van der Waals surface area (Å²) >= 11 is 3.23. The third-order valence-electron chi connectivity index (χ3n) is 5.07. The first kappa shape index (κ1) is 17.5. The standard InChI is InChI=1S/C22H19N3OS2/c26-21(16-10-11-17-20(12-16)27-14-23-17)25(13-15-6-2-1-3-7-15)22-24-18-8-4-5-9-19(18)28-22/h1-3,6-7,10-12,14H,4-5,8-9,13H2. The zero-order valence-corrected chi connectivity index (χ0v) is 16.9. The number of rotatable bonds is 4. The van der Waals surface area contributed by atoms with Crippen LogP contribution in [0.25, 0.3) is 10.2 Å². The molecule has 140 valence electrons. The van der Waals surface area contributed by atoms with Gasteiger partial charge in [-0.2, -0.15) is 0 Å². The minimum atomic E-state index is -0.00903. The fraction of sp³-hybridized carbons (Fsp3) is 0.227. The summed E-state index contributed by atoms with van der Waals surface area (Å²) in [6, 6.07) is 15.9. The van der Waals surface area contributed by atoms with Crippen LogP contribution in [0.4, 0.5) is 5.13 Å². The van der Waals surface area contributed by atoms with E-state index in [0.29, 0.717) is 12.1 Å². The van der Waals surface area contributed by atoms with E-state index in [1.54, 1.807) is 22.7 Å². The highest BCUT2D eigenvalue weighted by molar-refractivity contribution is 7.16. The quantitative estimate of drug-likeness (QED) is 0.452. The summed E-state index contributed by atoms with van der Waals surface area (Å²) in [6.45, 7) is 0.521. The number of amides is 1. The Kier molecular flexibility index (Phi) is 4.66. The van der Waals surface area contributed by atoms with Gasteiger partial charge in [0, 0.05) is 10.4 Å². The van der Waals surface area contributed by atoms with Crippen LogP contribution in [-0.2, 0) is 19.4 Å². The Morgan fingerprint density at radius 3 is 2.79 bits per heavy atom. The predicted octanol–water partition coefficient (Wildman–Crippen LogP) is 5.48. The van der Waals surface area contributed by atoms with Crippen LogP contribution in [0, 0.1) is 0 Å². The molecule has 1 aliphatic rings. The Balaban J connectivity index is 1.54. The first-order valence-electron chi connectivity index (χ1n) is 9.45. The Morgan fingerprint density at radius 1 is 1.07 bits per heavy atom. The number of aromatic nitrogens is 2. The van der Waals surface area contributed by atoms with Gasteiger partial charge in [0.05, 0.1) is 28.0 Å². The molecule has 1 amide bonds. The molecule has 2 aromatic heterocycles. The van der Waals surface area contributed by atoms with Gasteiger partial charge < -0.3 is 0 Å². The number of thiazole rings is 2. The molecule has 4 aromatic rings. The van der Waals surface area contributed by atoms with Crippen LogP contribution in [0.3, 0.4) is 0 Å². The molecule has 0 saturated heterocycles. The molecular weight excluding hydrogens is 386 g/mol. The number of hydrogen-bond donors (Lipinski definition) is 0. The molecule has 0 atom stereocenters. The Morgan fingerprint density at radius 2 is 1.93 bits per heavy atom. The van der Waals surface area contributed by atoms with Crippen LogP contribution in [0.15, 0.2) is 54.0 Å². The first-order valence-corrected chi connectivity index (χ1v) is 11.2. The Hall–Kier alpha value is -2.57. The van der Waals surface area contributed by atoms with Gasteiger partial charge in [-0.3, -0.25) is 9.69 Å². The molecular formula is C22H19N3OS2. The molecule has 0 spiro atoms. The Labute approximate surface area is 171 Å². The molecule has 0 aliphatic heterocycles. The third-order valence-corrected chi connectivity index (χ3v) is 7.04. The predicted molar refractivity (Wildman–Crippen MR) is 115 cm³/mol. The van der Waals surface area contributed by atoms with E-state index >= 15 is 0 Å². The van der Waals surface area contributed by atoms with Crippen molar-refractivity contribution in [1.29, 1.82) is 0 Å². The normalized spacial score (nSPS) is 13.4. The van der Waals surface area contributed by atoms with E-state index in [1.807, 2.05) is 46.8 Å². The van der Waals surface area contributed by atoms with E-state index in [2.05, 4.69) is 17.1 Å². The lowest BCUT2D eigenvalue weighted by molar-refractivity contribution is 0.0985. The lowest BCUT2D eigenvalue weighted by atomic mass is 10.0. The van der Waals surface area contributed by atoms with Crippen molar-refractivity contribution in [2.24, 2.45) is 0 Å². The number of nitrogens with zero attached hydrogens (tertiary/aromatic N) is 3. The zero-order chi connectivity index (χ0) is 18.9. The van der Waals surface area contributed by atoms with E-state index < -0.39 is 0 Å². The molecule has 0 saturated carbocycles. The van der Waals surface area contributed by atoms with Gasteiger partial charge in [0.2, 0.25) is 0 Å². The molecule has 0 N–H and O–H groups in total. The van der Waals surface area contributed by atoms with Crippen molar-refractivity contribution >= 4 is 43.9 Å². The van der Waals surface area contributed by atoms with Crippen LogP contribution in [0.2, 0.25) is 0 Å². The largest absolute Gasteiger partial charge is 0.279 e. The van der Waals surface area contributed by atoms with Crippen molar-refractivity contribution in [2.45, 2.75) is 32.2 Å². The smallest absolute Gasteiger partial charge is 0.260 e. The van der Waals surface area contributed by atoms with Crippen molar-refractivity contribution < 1.29 is 4.79 Å². The maximum Gasteiger partial charge on any atom is 0.260 e. The summed E-state index contributed by atoms with van der Waals surface area (Å²) in [6.07, 6.45) is 4.49. The number of hydrogen-bond acceptors (Lipinski definition) is 5. The zero-order valence-electron chi connectivity index (χ0n) is 15.3. The first-order chi connectivity index (χ1) is 13.8. The molecule has 4 nitrogen and oxygen atoms in total. The summed E-state index contributed by atoms with van der Waals surface area (Å²) in [4.78, 5) is 25.9. The fourth-order valence-corrected chi connectivity index (χ4v) is 5.45. The fourth-order valence-electron chi connectivity index (χ4n) is 3.59. The molecule has 0 radical (unpaired) electrons. The van der Waals surface area contributed by atoms with Gasteiger partial charge in [-0.25, -0.2) is 9.97 Å². The maximum atomic E-state index is 13.5. The lowest BCUT2D eigenvalue weighted by Crippen LogP contribution is -2.30. The van der Waals surface area contributed by atoms with Gasteiger partial charge in [0.1, 0.15) is 0 Å². The highest BCUT2D eigenvalue weighted by atomic mass is 32.1. The second kappa shape index (κ2) is 7.45. The van der Waals surface area contributed by atoms with Gasteiger partial charge in [-0.1, -0.05) is 30.3 Å². The van der Waals surface area contributed by atoms with Crippen LogP contribution in [0.1, 0.15) is 39.3 Å². The molecule has 2 aromatic carbocycles. The van der Waals surface area contributed by atoms with Crippen molar-refractivity contribution in [3.63, 3.8) is 0 Å². The van der Waals surface area contributed by atoms with Crippen LogP contribution in [0.5, 0.6) is 0 Å². The van der Waals surface area contributed by atoms with Gasteiger partial charge >= 0.3 is 0 Å². The van der Waals surface area contributed by atoms with Crippen molar-refractivity contribution in [3.05, 3.63) is 75.7 Å².